The summed E-state index contributed by atoms with van der Waals surface area (Å²) in [6, 6.07) is 5.94. The lowest BCUT2D eigenvalue weighted by Gasteiger charge is -2.14. The number of aromatic nitrogens is 3. The average molecular weight is 392 g/mol. The van der Waals surface area contributed by atoms with Crippen LogP contribution in [0, 0.1) is 13.8 Å². The van der Waals surface area contributed by atoms with Gasteiger partial charge in [-0.15, -0.1) is 5.10 Å². The quantitative estimate of drug-likeness (QED) is 0.849. The fourth-order valence-corrected chi connectivity index (χ4v) is 3.21. The summed E-state index contributed by atoms with van der Waals surface area (Å²) < 4.78 is 2.75. The minimum atomic E-state index is -0.160. The fourth-order valence-electron chi connectivity index (χ4n) is 2.96. The molecule has 0 radical (unpaired) electrons. The van der Waals surface area contributed by atoms with Gasteiger partial charge in [0.25, 0.3) is 5.91 Å². The van der Waals surface area contributed by atoms with Gasteiger partial charge in [-0.2, -0.15) is 0 Å². The molecule has 0 saturated carbocycles. The SMILES string of the molecule is Cc1cc(-n2nnc(C(=O)NCCN3CCCC3)c2C)ccc1Br. The van der Waals surface area contributed by atoms with E-state index in [0.717, 1.165) is 41.1 Å². The maximum absolute atomic E-state index is 12.4. The smallest absolute Gasteiger partial charge is 0.273 e. The highest BCUT2D eigenvalue weighted by molar-refractivity contribution is 9.10. The number of aryl methyl sites for hydroxylation is 1. The van der Waals surface area contributed by atoms with Crippen molar-refractivity contribution in [2.24, 2.45) is 0 Å². The molecule has 24 heavy (non-hydrogen) atoms. The molecule has 1 saturated heterocycles. The van der Waals surface area contributed by atoms with Gasteiger partial charge in [-0.3, -0.25) is 4.79 Å². The molecule has 1 fully saturated rings. The topological polar surface area (TPSA) is 63.1 Å². The molecule has 2 heterocycles. The number of nitrogens with zero attached hydrogens (tertiary/aromatic N) is 4. The Morgan fingerprint density at radius 1 is 1.29 bits per heavy atom. The van der Waals surface area contributed by atoms with Crippen LogP contribution in [0.1, 0.15) is 34.6 Å². The number of hydrogen-bond acceptors (Lipinski definition) is 4. The van der Waals surface area contributed by atoms with Crippen LogP contribution in [-0.4, -0.2) is 52.0 Å². The molecule has 1 aliphatic heterocycles. The Morgan fingerprint density at radius 2 is 2.04 bits per heavy atom. The van der Waals surface area contributed by atoms with Crippen LogP contribution in [0.4, 0.5) is 0 Å². The predicted molar refractivity (Wildman–Crippen MR) is 96.5 cm³/mol. The van der Waals surface area contributed by atoms with Crippen molar-refractivity contribution < 1.29 is 4.79 Å². The van der Waals surface area contributed by atoms with Crippen molar-refractivity contribution in [2.75, 3.05) is 26.2 Å². The van der Waals surface area contributed by atoms with Crippen molar-refractivity contribution in [3.05, 3.63) is 39.6 Å². The van der Waals surface area contributed by atoms with Crippen molar-refractivity contribution in [1.29, 1.82) is 0 Å². The first-order valence-electron chi connectivity index (χ1n) is 8.25. The van der Waals surface area contributed by atoms with Gasteiger partial charge in [0, 0.05) is 17.6 Å². The number of rotatable bonds is 5. The number of nitrogens with one attached hydrogen (secondary N) is 1. The van der Waals surface area contributed by atoms with Crippen LogP contribution >= 0.6 is 15.9 Å². The minimum Gasteiger partial charge on any atom is -0.349 e. The molecule has 6 nitrogen and oxygen atoms in total. The fraction of sp³-hybridized carbons (Fsp3) is 0.471. The summed E-state index contributed by atoms with van der Waals surface area (Å²) in [6.45, 7) is 7.69. The Kier molecular flexibility index (Phi) is 5.30. The highest BCUT2D eigenvalue weighted by Gasteiger charge is 2.18. The molecule has 7 heteroatoms. The lowest BCUT2D eigenvalue weighted by molar-refractivity contribution is 0.0944. The number of amides is 1. The molecule has 0 unspecified atom stereocenters. The molecule has 0 bridgehead atoms. The first kappa shape index (κ1) is 17.1. The van der Waals surface area contributed by atoms with E-state index >= 15 is 0 Å². The van der Waals surface area contributed by atoms with Crippen LogP contribution in [0.15, 0.2) is 22.7 Å². The van der Waals surface area contributed by atoms with Gasteiger partial charge in [0.15, 0.2) is 5.69 Å². The summed E-state index contributed by atoms with van der Waals surface area (Å²) in [7, 11) is 0. The Bertz CT molecular complexity index is 737. The molecule has 1 amide bonds. The summed E-state index contributed by atoms with van der Waals surface area (Å²) in [5.74, 6) is -0.160. The molecule has 1 aromatic heterocycles. The Morgan fingerprint density at radius 3 is 2.75 bits per heavy atom. The highest BCUT2D eigenvalue weighted by Crippen LogP contribution is 2.20. The van der Waals surface area contributed by atoms with Gasteiger partial charge in [0.05, 0.1) is 11.4 Å². The zero-order chi connectivity index (χ0) is 17.1. The first-order valence-corrected chi connectivity index (χ1v) is 9.05. The van der Waals surface area contributed by atoms with E-state index in [2.05, 4.69) is 36.5 Å². The maximum atomic E-state index is 12.4. The maximum Gasteiger partial charge on any atom is 0.273 e. The average Bonchev–Trinajstić information content (AvgIpc) is 3.20. The van der Waals surface area contributed by atoms with Gasteiger partial charge in [-0.05, 0) is 63.5 Å². The zero-order valence-electron chi connectivity index (χ0n) is 14.0. The number of benzene rings is 1. The van der Waals surface area contributed by atoms with Gasteiger partial charge in [-0.1, -0.05) is 21.1 Å². The van der Waals surface area contributed by atoms with Gasteiger partial charge >= 0.3 is 0 Å². The standard InChI is InChI=1S/C17H22BrN5O/c1-12-11-14(5-6-15(12)18)23-13(2)16(20-21-23)17(24)19-7-10-22-8-3-4-9-22/h5-6,11H,3-4,7-10H2,1-2H3,(H,19,24). The minimum absolute atomic E-state index is 0.160. The lowest BCUT2D eigenvalue weighted by Crippen LogP contribution is -2.33. The number of carbonyl (C=O) groups excluding carboxylic acids is 1. The van der Waals surface area contributed by atoms with Gasteiger partial charge in [0.1, 0.15) is 0 Å². The molecule has 3 rings (SSSR count). The van der Waals surface area contributed by atoms with E-state index in [1.54, 1.807) is 4.68 Å². The molecular weight excluding hydrogens is 370 g/mol. The van der Waals surface area contributed by atoms with Gasteiger partial charge < -0.3 is 10.2 Å². The van der Waals surface area contributed by atoms with E-state index in [4.69, 9.17) is 0 Å². The van der Waals surface area contributed by atoms with Crippen LogP contribution < -0.4 is 5.32 Å². The first-order chi connectivity index (χ1) is 11.6. The lowest BCUT2D eigenvalue weighted by atomic mass is 10.2. The Hall–Kier alpha value is -1.73. The van der Waals surface area contributed by atoms with E-state index in [0.29, 0.717) is 12.2 Å². The van der Waals surface area contributed by atoms with Crippen LogP contribution in [-0.2, 0) is 0 Å². The molecule has 128 valence electrons. The van der Waals surface area contributed by atoms with Gasteiger partial charge in [-0.25, -0.2) is 4.68 Å². The summed E-state index contributed by atoms with van der Waals surface area (Å²) in [4.78, 5) is 14.7. The van der Waals surface area contributed by atoms with E-state index in [1.165, 1.54) is 12.8 Å². The number of hydrogen-bond donors (Lipinski definition) is 1. The number of likely N-dealkylation sites (tertiary alicyclic amines) is 1. The molecule has 1 aromatic carbocycles. The van der Waals surface area contributed by atoms with Crippen LogP contribution in [0.25, 0.3) is 5.69 Å². The Labute approximate surface area is 150 Å². The summed E-state index contributed by atoms with van der Waals surface area (Å²) in [5, 5.41) is 11.2. The van der Waals surface area contributed by atoms with E-state index in [9.17, 15) is 4.79 Å². The van der Waals surface area contributed by atoms with E-state index in [1.807, 2.05) is 32.0 Å². The normalized spacial score (nSPS) is 15.0. The molecule has 1 N–H and O–H groups in total. The molecule has 1 aliphatic rings. The second-order valence-electron chi connectivity index (χ2n) is 6.17. The molecule has 0 spiro atoms. The summed E-state index contributed by atoms with van der Waals surface area (Å²) in [6.07, 6.45) is 2.52. The summed E-state index contributed by atoms with van der Waals surface area (Å²) >= 11 is 3.49. The van der Waals surface area contributed by atoms with Crippen molar-refractivity contribution >= 4 is 21.8 Å². The third kappa shape index (κ3) is 3.67. The molecule has 0 atom stereocenters. The second-order valence-corrected chi connectivity index (χ2v) is 7.03. The second kappa shape index (κ2) is 7.44. The van der Waals surface area contributed by atoms with Crippen molar-refractivity contribution in [1.82, 2.24) is 25.2 Å². The monoisotopic (exact) mass is 391 g/mol. The molecular formula is C17H22BrN5O. The Balaban J connectivity index is 1.67. The molecule has 2 aromatic rings. The van der Waals surface area contributed by atoms with Crippen LogP contribution in [0.5, 0.6) is 0 Å². The van der Waals surface area contributed by atoms with Crippen molar-refractivity contribution in [3.8, 4) is 5.69 Å². The van der Waals surface area contributed by atoms with Crippen molar-refractivity contribution in [3.63, 3.8) is 0 Å². The van der Waals surface area contributed by atoms with Gasteiger partial charge in [0.2, 0.25) is 0 Å². The van der Waals surface area contributed by atoms with Crippen LogP contribution in [0.2, 0.25) is 0 Å². The number of carbonyl (C=O) groups is 1. The van der Waals surface area contributed by atoms with Crippen molar-refractivity contribution in [2.45, 2.75) is 26.7 Å². The largest absolute Gasteiger partial charge is 0.349 e. The predicted octanol–water partition coefficient (Wildman–Crippen LogP) is 2.47. The zero-order valence-corrected chi connectivity index (χ0v) is 15.6. The highest BCUT2D eigenvalue weighted by atomic mass is 79.9. The third-order valence-electron chi connectivity index (χ3n) is 4.41. The number of halogens is 1. The van der Waals surface area contributed by atoms with E-state index < -0.39 is 0 Å². The third-order valence-corrected chi connectivity index (χ3v) is 5.30. The molecule has 0 aliphatic carbocycles. The van der Waals surface area contributed by atoms with E-state index in [-0.39, 0.29) is 5.91 Å². The van der Waals surface area contributed by atoms with Crippen LogP contribution in [0.3, 0.4) is 0 Å². The summed E-state index contributed by atoms with van der Waals surface area (Å²) in [5.41, 5.74) is 3.14.